The fraction of sp³-hybridized carbons (Fsp3) is 0.571. The third kappa shape index (κ3) is 4.90. The Morgan fingerprint density at radius 2 is 1.78 bits per heavy atom. The summed E-state index contributed by atoms with van der Waals surface area (Å²) in [5.74, 6) is 1.38. The van der Waals surface area contributed by atoms with E-state index in [9.17, 15) is 0 Å². The maximum Gasteiger partial charge on any atom is 0.147 e. The molecule has 0 fully saturated rings. The average molecular weight is 379 g/mol. The Morgan fingerprint density at radius 3 is 2.22 bits per heavy atom. The SMILES string of the molecule is CCC(N)Cc1cc(Br)c(OCC(C)C)c(Br)c1. The van der Waals surface area contributed by atoms with Gasteiger partial charge < -0.3 is 10.5 Å². The highest BCUT2D eigenvalue weighted by molar-refractivity contribution is 9.11. The number of benzene rings is 1. The molecule has 1 rings (SSSR count). The third-order valence-corrected chi connectivity index (χ3v) is 3.82. The van der Waals surface area contributed by atoms with Gasteiger partial charge in [0.1, 0.15) is 5.75 Å². The van der Waals surface area contributed by atoms with Crippen molar-refractivity contribution in [3.8, 4) is 5.75 Å². The topological polar surface area (TPSA) is 35.2 Å². The minimum Gasteiger partial charge on any atom is -0.491 e. The van der Waals surface area contributed by atoms with Crippen LogP contribution in [0.25, 0.3) is 0 Å². The molecule has 18 heavy (non-hydrogen) atoms. The molecule has 2 nitrogen and oxygen atoms in total. The van der Waals surface area contributed by atoms with Gasteiger partial charge in [0.25, 0.3) is 0 Å². The maximum atomic E-state index is 5.98. The summed E-state index contributed by atoms with van der Waals surface area (Å²) in [4.78, 5) is 0. The minimum absolute atomic E-state index is 0.214. The molecule has 0 amide bonds. The summed E-state index contributed by atoms with van der Waals surface area (Å²) < 4.78 is 7.75. The van der Waals surface area contributed by atoms with E-state index in [1.54, 1.807) is 0 Å². The molecule has 0 spiro atoms. The third-order valence-electron chi connectivity index (χ3n) is 2.64. The molecule has 0 heterocycles. The molecular weight excluding hydrogens is 358 g/mol. The van der Waals surface area contributed by atoms with Crippen LogP contribution in [0.4, 0.5) is 0 Å². The molecule has 0 saturated carbocycles. The number of halogens is 2. The zero-order valence-corrected chi connectivity index (χ0v) is 14.3. The summed E-state index contributed by atoms with van der Waals surface area (Å²) in [6.07, 6.45) is 1.87. The lowest BCUT2D eigenvalue weighted by Crippen LogP contribution is -2.21. The smallest absolute Gasteiger partial charge is 0.147 e. The van der Waals surface area contributed by atoms with Gasteiger partial charge in [0.05, 0.1) is 15.6 Å². The predicted octanol–water partition coefficient (Wildman–Crippen LogP) is 4.53. The van der Waals surface area contributed by atoms with Crippen LogP contribution in [0.1, 0.15) is 32.8 Å². The predicted molar refractivity (Wildman–Crippen MR) is 84.1 cm³/mol. The fourth-order valence-electron chi connectivity index (χ4n) is 1.57. The van der Waals surface area contributed by atoms with Gasteiger partial charge in [0, 0.05) is 6.04 Å². The van der Waals surface area contributed by atoms with Gasteiger partial charge in [0.15, 0.2) is 0 Å². The van der Waals surface area contributed by atoms with Gasteiger partial charge in [-0.1, -0.05) is 20.8 Å². The van der Waals surface area contributed by atoms with Gasteiger partial charge in [0.2, 0.25) is 0 Å². The second-order valence-electron chi connectivity index (χ2n) is 4.97. The summed E-state index contributed by atoms with van der Waals surface area (Å²) >= 11 is 7.13. The van der Waals surface area contributed by atoms with Crippen LogP contribution >= 0.6 is 31.9 Å². The van der Waals surface area contributed by atoms with Crippen LogP contribution in [-0.4, -0.2) is 12.6 Å². The van der Waals surface area contributed by atoms with Crippen molar-refractivity contribution in [3.63, 3.8) is 0 Å². The van der Waals surface area contributed by atoms with Crippen molar-refractivity contribution in [1.29, 1.82) is 0 Å². The average Bonchev–Trinajstić information content (AvgIpc) is 2.27. The molecule has 2 N–H and O–H groups in total. The summed E-state index contributed by atoms with van der Waals surface area (Å²) in [7, 11) is 0. The fourth-order valence-corrected chi connectivity index (χ4v) is 3.08. The van der Waals surface area contributed by atoms with Crippen molar-refractivity contribution >= 4 is 31.9 Å². The molecule has 0 aliphatic heterocycles. The number of ether oxygens (including phenoxy) is 1. The molecule has 0 aliphatic rings. The first kappa shape index (κ1) is 16.0. The highest BCUT2D eigenvalue weighted by Crippen LogP contribution is 2.35. The van der Waals surface area contributed by atoms with Crippen LogP contribution in [0.3, 0.4) is 0 Å². The molecule has 0 aromatic heterocycles. The number of nitrogens with two attached hydrogens (primary N) is 1. The molecule has 4 heteroatoms. The van der Waals surface area contributed by atoms with Crippen molar-refractivity contribution in [1.82, 2.24) is 0 Å². The molecule has 0 aliphatic carbocycles. The van der Waals surface area contributed by atoms with Crippen molar-refractivity contribution in [2.45, 2.75) is 39.7 Å². The Labute approximate surface area is 127 Å². The number of hydrogen-bond acceptors (Lipinski definition) is 2. The second-order valence-corrected chi connectivity index (χ2v) is 6.67. The lowest BCUT2D eigenvalue weighted by atomic mass is 10.0. The monoisotopic (exact) mass is 377 g/mol. The minimum atomic E-state index is 0.214. The van der Waals surface area contributed by atoms with E-state index in [1.165, 1.54) is 5.56 Å². The highest BCUT2D eigenvalue weighted by Gasteiger charge is 2.11. The van der Waals surface area contributed by atoms with Crippen LogP contribution in [0.2, 0.25) is 0 Å². The zero-order chi connectivity index (χ0) is 13.7. The van der Waals surface area contributed by atoms with E-state index in [0.717, 1.165) is 27.5 Å². The first-order valence-corrected chi connectivity index (χ1v) is 7.88. The van der Waals surface area contributed by atoms with E-state index in [1.807, 2.05) is 0 Å². The van der Waals surface area contributed by atoms with E-state index in [4.69, 9.17) is 10.5 Å². The highest BCUT2D eigenvalue weighted by atomic mass is 79.9. The van der Waals surface area contributed by atoms with Crippen molar-refractivity contribution in [2.24, 2.45) is 11.7 Å². The quantitative estimate of drug-likeness (QED) is 0.789. The molecule has 0 bridgehead atoms. The van der Waals surface area contributed by atoms with Crippen LogP contribution in [0.15, 0.2) is 21.1 Å². The van der Waals surface area contributed by atoms with Crippen LogP contribution in [0, 0.1) is 5.92 Å². The Kier molecular flexibility index (Phi) is 6.67. The van der Waals surface area contributed by atoms with Crippen molar-refractivity contribution < 1.29 is 4.74 Å². The molecule has 0 saturated heterocycles. The van der Waals surface area contributed by atoms with Gasteiger partial charge in [-0.15, -0.1) is 0 Å². The zero-order valence-electron chi connectivity index (χ0n) is 11.2. The molecule has 0 radical (unpaired) electrons. The normalized spacial score (nSPS) is 12.8. The van der Waals surface area contributed by atoms with Crippen molar-refractivity contribution in [2.75, 3.05) is 6.61 Å². The first-order chi connectivity index (χ1) is 8.43. The Morgan fingerprint density at radius 1 is 1.22 bits per heavy atom. The maximum absolute atomic E-state index is 5.98. The second kappa shape index (κ2) is 7.51. The largest absolute Gasteiger partial charge is 0.491 e. The van der Waals surface area contributed by atoms with Gasteiger partial charge in [-0.05, 0) is 68.3 Å². The van der Waals surface area contributed by atoms with E-state index < -0.39 is 0 Å². The van der Waals surface area contributed by atoms with Crippen molar-refractivity contribution in [3.05, 3.63) is 26.6 Å². The number of hydrogen-bond donors (Lipinski definition) is 1. The Balaban J connectivity index is 2.83. The molecule has 1 aromatic rings. The van der Waals surface area contributed by atoms with Crippen LogP contribution in [-0.2, 0) is 6.42 Å². The van der Waals surface area contributed by atoms with Gasteiger partial charge >= 0.3 is 0 Å². The lowest BCUT2D eigenvalue weighted by molar-refractivity contribution is 0.268. The van der Waals surface area contributed by atoms with Gasteiger partial charge in [-0.25, -0.2) is 0 Å². The Hall–Kier alpha value is -0.0600. The first-order valence-electron chi connectivity index (χ1n) is 6.30. The van der Waals surface area contributed by atoms with E-state index >= 15 is 0 Å². The standard InChI is InChI=1S/C14H21Br2NO/c1-4-11(17)5-10-6-12(15)14(13(16)7-10)18-8-9(2)3/h6-7,9,11H,4-5,8,17H2,1-3H3. The van der Waals surface area contributed by atoms with Crippen LogP contribution in [0.5, 0.6) is 5.75 Å². The van der Waals surface area contributed by atoms with E-state index in [2.05, 4.69) is 64.8 Å². The number of rotatable bonds is 6. The lowest BCUT2D eigenvalue weighted by Gasteiger charge is -2.15. The van der Waals surface area contributed by atoms with Gasteiger partial charge in [-0.3, -0.25) is 0 Å². The van der Waals surface area contributed by atoms with Gasteiger partial charge in [-0.2, -0.15) is 0 Å². The molecule has 1 unspecified atom stereocenters. The molecule has 1 atom stereocenters. The molecule has 102 valence electrons. The van der Waals surface area contributed by atoms with E-state index in [-0.39, 0.29) is 6.04 Å². The van der Waals surface area contributed by atoms with Crippen LogP contribution < -0.4 is 10.5 Å². The molecular formula is C14H21Br2NO. The Bertz CT molecular complexity index is 370. The summed E-state index contributed by atoms with van der Waals surface area (Å²) in [5.41, 5.74) is 7.20. The summed E-state index contributed by atoms with van der Waals surface area (Å²) in [5, 5.41) is 0. The van der Waals surface area contributed by atoms with E-state index in [0.29, 0.717) is 12.5 Å². The molecule has 1 aromatic carbocycles. The summed E-state index contributed by atoms with van der Waals surface area (Å²) in [6, 6.07) is 4.40. The summed E-state index contributed by atoms with van der Waals surface area (Å²) in [6.45, 7) is 7.09.